The van der Waals surface area contributed by atoms with Gasteiger partial charge >= 0.3 is 0 Å². The van der Waals surface area contributed by atoms with Crippen LogP contribution in [0.4, 0.5) is 5.69 Å². The Balaban J connectivity index is 1.94. The van der Waals surface area contributed by atoms with Crippen molar-refractivity contribution < 1.29 is 9.84 Å². The smallest absolute Gasteiger partial charge is 0.210 e. The molecule has 0 saturated carbocycles. The zero-order valence-corrected chi connectivity index (χ0v) is 13.9. The number of allylic oxidation sites excluding steroid dienone is 3. The Morgan fingerprint density at radius 2 is 1.95 bits per heavy atom. The molecule has 2 aromatic rings. The molecule has 1 heterocycles. The highest BCUT2D eigenvalue weighted by molar-refractivity contribution is 7.73. The molecule has 0 aliphatic carbocycles. The van der Waals surface area contributed by atoms with Crippen molar-refractivity contribution in [3.8, 4) is 11.6 Å². The molecule has 0 atom stereocenters. The van der Waals surface area contributed by atoms with Gasteiger partial charge in [-0.1, -0.05) is 12.2 Å². The summed E-state index contributed by atoms with van der Waals surface area (Å²) in [6, 6.07) is 7.49. The lowest BCUT2D eigenvalue weighted by molar-refractivity contribution is 0.415. The van der Waals surface area contributed by atoms with Gasteiger partial charge in [0, 0.05) is 13.3 Å². The molecular weight excluding hydrogens is 316 g/mol. The fourth-order valence-corrected chi connectivity index (χ4v) is 2.76. The minimum absolute atomic E-state index is 0.187. The summed E-state index contributed by atoms with van der Waals surface area (Å²) in [5.74, 6) is 0.994. The maximum absolute atomic E-state index is 9.81. The molecule has 6 heteroatoms. The fourth-order valence-electron chi connectivity index (χ4n) is 1.62. The molecule has 2 rings (SSSR count). The highest BCUT2D eigenvalue weighted by atomic mass is 32.1. The molecule has 0 radical (unpaired) electrons. The van der Waals surface area contributed by atoms with Crippen LogP contribution in [0.2, 0.25) is 0 Å². The Kier molecular flexibility index (Phi) is 5.68. The summed E-state index contributed by atoms with van der Waals surface area (Å²) >= 11 is 6.46. The number of aliphatic imine (C=N–C) groups is 1. The van der Waals surface area contributed by atoms with E-state index in [4.69, 9.17) is 17.0 Å². The van der Waals surface area contributed by atoms with Gasteiger partial charge in [0.25, 0.3) is 0 Å². The van der Waals surface area contributed by atoms with Gasteiger partial charge in [-0.3, -0.25) is 9.56 Å². The number of benzene rings is 1. The Morgan fingerprint density at radius 3 is 2.55 bits per heavy atom. The summed E-state index contributed by atoms with van der Waals surface area (Å²) in [7, 11) is 3.37. The van der Waals surface area contributed by atoms with Crippen molar-refractivity contribution in [3.05, 3.63) is 51.3 Å². The minimum atomic E-state index is 0.187. The zero-order valence-electron chi connectivity index (χ0n) is 12.3. The number of methoxy groups -OCH3 is 1. The third-order valence-corrected chi connectivity index (χ3v) is 4.37. The van der Waals surface area contributed by atoms with Crippen LogP contribution in [0.3, 0.4) is 0 Å². The Bertz CT molecular complexity index is 768. The average Bonchev–Trinajstić information content (AvgIpc) is 2.78. The van der Waals surface area contributed by atoms with Crippen LogP contribution in [-0.4, -0.2) is 23.0 Å². The van der Waals surface area contributed by atoms with Crippen LogP contribution in [0.5, 0.6) is 11.6 Å². The molecule has 0 fully saturated rings. The molecule has 0 aliphatic rings. The second kappa shape index (κ2) is 7.72. The first-order valence-corrected chi connectivity index (χ1v) is 7.74. The number of aromatic hydroxyl groups is 1. The zero-order chi connectivity index (χ0) is 15.9. The predicted octanol–water partition coefficient (Wildman–Crippen LogP) is 4.50. The molecule has 1 N–H and O–H groups in total. The average molecular weight is 332 g/mol. The maximum Gasteiger partial charge on any atom is 0.210 e. The first-order valence-electron chi connectivity index (χ1n) is 6.52. The standard InChI is InChI=1S/C16H16N2O2S2/c1-18-15(19)14(22-16(18)21)6-4-3-5-11-17-12-7-9-13(20-2)10-8-12/h3-11,19H,1-2H3/b5-3+,6-4+,17-11?. The first-order chi connectivity index (χ1) is 10.6. The number of thiazole rings is 1. The van der Waals surface area contributed by atoms with Gasteiger partial charge in [0.1, 0.15) is 5.75 Å². The van der Waals surface area contributed by atoms with Gasteiger partial charge in [-0.15, -0.1) is 11.3 Å². The lowest BCUT2D eigenvalue weighted by Gasteiger charge is -1.97. The van der Waals surface area contributed by atoms with Gasteiger partial charge in [-0.2, -0.15) is 0 Å². The van der Waals surface area contributed by atoms with Crippen molar-refractivity contribution in [2.24, 2.45) is 12.0 Å². The van der Waals surface area contributed by atoms with Crippen molar-refractivity contribution in [2.75, 3.05) is 7.11 Å². The van der Waals surface area contributed by atoms with Crippen molar-refractivity contribution >= 4 is 41.5 Å². The molecule has 114 valence electrons. The van der Waals surface area contributed by atoms with Crippen LogP contribution in [-0.2, 0) is 7.05 Å². The molecule has 1 aromatic carbocycles. The molecule has 0 spiro atoms. The largest absolute Gasteiger partial charge is 0.497 e. The SMILES string of the molecule is COc1ccc(N=C/C=C/C=C/c2sc(=S)n(C)c2O)cc1. The summed E-state index contributed by atoms with van der Waals surface area (Å²) in [6.45, 7) is 0. The van der Waals surface area contributed by atoms with E-state index >= 15 is 0 Å². The third-order valence-electron chi connectivity index (χ3n) is 2.86. The van der Waals surface area contributed by atoms with Crippen molar-refractivity contribution in [3.63, 3.8) is 0 Å². The van der Waals surface area contributed by atoms with Gasteiger partial charge in [-0.25, -0.2) is 0 Å². The number of hydrogen-bond acceptors (Lipinski definition) is 5. The van der Waals surface area contributed by atoms with E-state index in [0.29, 0.717) is 3.95 Å². The Hall–Kier alpha value is -2.18. The third kappa shape index (κ3) is 4.16. The topological polar surface area (TPSA) is 46.8 Å². The van der Waals surface area contributed by atoms with Gasteiger partial charge in [0.05, 0.1) is 17.7 Å². The Morgan fingerprint density at radius 1 is 1.23 bits per heavy atom. The number of aromatic nitrogens is 1. The second-order valence-electron chi connectivity index (χ2n) is 4.34. The molecular formula is C16H16N2O2S2. The lowest BCUT2D eigenvalue weighted by atomic mass is 10.3. The quantitative estimate of drug-likeness (QED) is 0.498. The van der Waals surface area contributed by atoms with E-state index in [2.05, 4.69) is 4.99 Å². The van der Waals surface area contributed by atoms with E-state index < -0.39 is 0 Å². The van der Waals surface area contributed by atoms with Crippen molar-refractivity contribution in [1.29, 1.82) is 0 Å². The summed E-state index contributed by atoms with van der Waals surface area (Å²) in [4.78, 5) is 5.03. The van der Waals surface area contributed by atoms with E-state index in [1.165, 1.54) is 11.3 Å². The number of nitrogens with zero attached hydrogens (tertiary/aromatic N) is 2. The first kappa shape index (κ1) is 16.2. The summed E-state index contributed by atoms with van der Waals surface area (Å²) in [6.07, 6.45) is 9.02. The van der Waals surface area contributed by atoms with Gasteiger partial charge < -0.3 is 9.84 Å². The van der Waals surface area contributed by atoms with Crippen LogP contribution in [0.15, 0.2) is 47.5 Å². The molecule has 0 bridgehead atoms. The molecule has 0 amide bonds. The second-order valence-corrected chi connectivity index (χ2v) is 6.01. The van der Waals surface area contributed by atoms with Crippen molar-refractivity contribution in [1.82, 2.24) is 4.57 Å². The summed E-state index contributed by atoms with van der Waals surface area (Å²) in [5, 5.41) is 9.81. The van der Waals surface area contributed by atoms with E-state index in [1.54, 1.807) is 24.9 Å². The summed E-state index contributed by atoms with van der Waals surface area (Å²) in [5.41, 5.74) is 0.855. The number of ether oxygens (including phenoxy) is 1. The molecule has 0 aliphatic heterocycles. The minimum Gasteiger partial charge on any atom is -0.497 e. The monoisotopic (exact) mass is 332 g/mol. The summed E-state index contributed by atoms with van der Waals surface area (Å²) < 4.78 is 7.30. The molecule has 0 saturated heterocycles. The Labute approximate surface area is 138 Å². The van der Waals surface area contributed by atoms with Gasteiger partial charge in [0.2, 0.25) is 5.88 Å². The highest BCUT2D eigenvalue weighted by Crippen LogP contribution is 2.25. The van der Waals surface area contributed by atoms with Gasteiger partial charge in [0.15, 0.2) is 3.95 Å². The van der Waals surface area contributed by atoms with Crippen molar-refractivity contribution in [2.45, 2.75) is 0 Å². The molecule has 1 aromatic heterocycles. The van der Waals surface area contributed by atoms with E-state index in [-0.39, 0.29) is 5.88 Å². The molecule has 22 heavy (non-hydrogen) atoms. The van der Waals surface area contributed by atoms with E-state index in [1.807, 2.05) is 48.6 Å². The van der Waals surface area contributed by atoms with Crippen LogP contribution in [0.25, 0.3) is 6.08 Å². The number of rotatable bonds is 5. The highest BCUT2D eigenvalue weighted by Gasteiger charge is 2.04. The maximum atomic E-state index is 9.81. The normalized spacial score (nSPS) is 11.9. The van der Waals surface area contributed by atoms with Crippen LogP contribution >= 0.6 is 23.6 Å². The molecule has 4 nitrogen and oxygen atoms in total. The van der Waals surface area contributed by atoms with Crippen LogP contribution in [0, 0.1) is 3.95 Å². The number of hydrogen-bond donors (Lipinski definition) is 1. The lowest BCUT2D eigenvalue weighted by Crippen LogP contribution is -1.84. The molecule has 0 unspecified atom stereocenters. The van der Waals surface area contributed by atoms with Crippen LogP contribution < -0.4 is 4.74 Å². The van der Waals surface area contributed by atoms with E-state index in [9.17, 15) is 5.11 Å². The predicted molar refractivity (Wildman–Crippen MR) is 95.1 cm³/mol. The van der Waals surface area contributed by atoms with Crippen LogP contribution in [0.1, 0.15) is 4.88 Å². The fraction of sp³-hybridized carbons (Fsp3) is 0.125. The van der Waals surface area contributed by atoms with Gasteiger partial charge in [-0.05, 0) is 48.6 Å². The van der Waals surface area contributed by atoms with E-state index in [0.717, 1.165) is 16.3 Å².